The van der Waals surface area contributed by atoms with Crippen LogP contribution in [-0.2, 0) is 0 Å². The molecule has 0 aliphatic heterocycles. The third-order valence-electron chi connectivity index (χ3n) is 2.84. The van der Waals surface area contributed by atoms with E-state index in [0.29, 0.717) is 16.5 Å². The molecule has 0 heterocycles. The van der Waals surface area contributed by atoms with Gasteiger partial charge in [0.05, 0.1) is 16.6 Å². The Balaban J connectivity index is 2.17. The van der Waals surface area contributed by atoms with Crippen LogP contribution in [-0.4, -0.2) is 11.8 Å². The van der Waals surface area contributed by atoms with E-state index in [1.54, 1.807) is 18.2 Å². The number of benzene rings is 2. The minimum absolute atomic E-state index is 0.239. The quantitative estimate of drug-likeness (QED) is 0.766. The van der Waals surface area contributed by atoms with E-state index < -0.39 is 0 Å². The van der Waals surface area contributed by atoms with Crippen LogP contribution in [0.15, 0.2) is 53.0 Å². The fourth-order valence-corrected chi connectivity index (χ4v) is 2.82. The first-order chi connectivity index (χ1) is 9.61. The number of nitrogens with one attached hydrogen (secondary N) is 1. The Morgan fingerprint density at radius 1 is 1.20 bits per heavy atom. The molecule has 2 rings (SSSR count). The fraction of sp³-hybridized carbons (Fsp3) is 0.133. The van der Waals surface area contributed by atoms with Gasteiger partial charge < -0.3 is 5.32 Å². The van der Waals surface area contributed by atoms with Crippen molar-refractivity contribution in [3.8, 4) is 0 Å². The zero-order valence-corrected chi connectivity index (χ0v) is 13.5. The van der Waals surface area contributed by atoms with Gasteiger partial charge in [0.15, 0.2) is 0 Å². The van der Waals surface area contributed by atoms with Crippen LogP contribution in [0, 0.1) is 0 Å². The van der Waals surface area contributed by atoms with Crippen LogP contribution in [0.4, 0.5) is 0 Å². The number of alkyl halides is 1. The van der Waals surface area contributed by atoms with Crippen LogP contribution < -0.4 is 5.32 Å². The van der Waals surface area contributed by atoms with E-state index in [4.69, 9.17) is 23.2 Å². The highest BCUT2D eigenvalue weighted by molar-refractivity contribution is 9.10. The molecule has 5 heteroatoms. The Hall–Kier alpha value is -1.03. The first-order valence-electron chi connectivity index (χ1n) is 5.98. The first-order valence-corrected chi connectivity index (χ1v) is 7.69. The SMILES string of the molecule is O=C(NC(CCl)c1ccccc1)c1ccc(Br)cc1Cl. The Morgan fingerprint density at radius 2 is 1.90 bits per heavy atom. The van der Waals surface area contributed by atoms with E-state index in [1.807, 2.05) is 30.3 Å². The van der Waals surface area contributed by atoms with E-state index in [-0.39, 0.29) is 11.9 Å². The highest BCUT2D eigenvalue weighted by Crippen LogP contribution is 2.22. The predicted molar refractivity (Wildman–Crippen MR) is 86.5 cm³/mol. The molecule has 0 saturated heterocycles. The Bertz CT molecular complexity index is 604. The average Bonchev–Trinajstić information content (AvgIpc) is 2.45. The summed E-state index contributed by atoms with van der Waals surface area (Å²) in [7, 11) is 0. The summed E-state index contributed by atoms with van der Waals surface area (Å²) in [5.41, 5.74) is 1.39. The van der Waals surface area contributed by atoms with Crippen molar-refractivity contribution in [2.24, 2.45) is 0 Å². The van der Waals surface area contributed by atoms with Gasteiger partial charge in [-0.1, -0.05) is 57.9 Å². The summed E-state index contributed by atoms with van der Waals surface area (Å²) in [6, 6.07) is 14.5. The van der Waals surface area contributed by atoms with E-state index in [2.05, 4.69) is 21.2 Å². The molecule has 0 aliphatic rings. The number of carbonyl (C=O) groups is 1. The van der Waals surface area contributed by atoms with Crippen LogP contribution in [0.5, 0.6) is 0 Å². The number of amides is 1. The summed E-state index contributed by atoms with van der Waals surface area (Å²) < 4.78 is 0.830. The lowest BCUT2D eigenvalue weighted by Crippen LogP contribution is -2.29. The van der Waals surface area contributed by atoms with Crippen LogP contribution >= 0.6 is 39.1 Å². The second-order valence-electron chi connectivity index (χ2n) is 4.22. The standard InChI is InChI=1S/C15H12BrCl2NO/c16-11-6-7-12(13(18)8-11)15(20)19-14(9-17)10-4-2-1-3-5-10/h1-8,14H,9H2,(H,19,20). The van der Waals surface area contributed by atoms with Crippen LogP contribution in [0.1, 0.15) is 22.0 Å². The molecular weight excluding hydrogens is 361 g/mol. The van der Waals surface area contributed by atoms with Crippen molar-refractivity contribution in [1.82, 2.24) is 5.32 Å². The van der Waals surface area contributed by atoms with Crippen molar-refractivity contribution in [2.45, 2.75) is 6.04 Å². The van der Waals surface area contributed by atoms with Gasteiger partial charge in [0.25, 0.3) is 5.91 Å². The average molecular weight is 373 g/mol. The molecule has 1 atom stereocenters. The van der Waals surface area contributed by atoms with Gasteiger partial charge in [-0.05, 0) is 23.8 Å². The van der Waals surface area contributed by atoms with Crippen molar-refractivity contribution in [2.75, 3.05) is 5.88 Å². The van der Waals surface area contributed by atoms with E-state index >= 15 is 0 Å². The van der Waals surface area contributed by atoms with Gasteiger partial charge in [-0.2, -0.15) is 0 Å². The molecular formula is C15H12BrCl2NO. The second-order valence-corrected chi connectivity index (χ2v) is 5.85. The lowest BCUT2D eigenvalue weighted by Gasteiger charge is -2.17. The van der Waals surface area contributed by atoms with Gasteiger partial charge in [0.2, 0.25) is 0 Å². The van der Waals surface area contributed by atoms with Crippen LogP contribution in [0.2, 0.25) is 5.02 Å². The van der Waals surface area contributed by atoms with Gasteiger partial charge in [-0.15, -0.1) is 11.6 Å². The van der Waals surface area contributed by atoms with Gasteiger partial charge in [-0.25, -0.2) is 0 Å². The van der Waals surface area contributed by atoms with E-state index in [1.165, 1.54) is 0 Å². The lowest BCUT2D eigenvalue weighted by atomic mass is 10.1. The highest BCUT2D eigenvalue weighted by Gasteiger charge is 2.16. The lowest BCUT2D eigenvalue weighted by molar-refractivity contribution is 0.0940. The fourth-order valence-electron chi connectivity index (χ4n) is 1.81. The van der Waals surface area contributed by atoms with Gasteiger partial charge >= 0.3 is 0 Å². The number of hydrogen-bond acceptors (Lipinski definition) is 1. The summed E-state index contributed by atoms with van der Waals surface area (Å²) in [5, 5.41) is 3.29. The molecule has 104 valence electrons. The smallest absolute Gasteiger partial charge is 0.253 e. The topological polar surface area (TPSA) is 29.1 Å². The maximum absolute atomic E-state index is 12.2. The number of carbonyl (C=O) groups excluding carboxylic acids is 1. The van der Waals surface area contributed by atoms with Crippen LogP contribution in [0.3, 0.4) is 0 Å². The number of rotatable bonds is 4. The Labute approximate surface area is 136 Å². The molecule has 2 aromatic rings. The molecule has 0 saturated carbocycles. The first kappa shape index (κ1) is 15.4. The van der Waals surface area contributed by atoms with Crippen molar-refractivity contribution in [3.05, 3.63) is 69.2 Å². The molecule has 20 heavy (non-hydrogen) atoms. The summed E-state index contributed by atoms with van der Waals surface area (Å²) in [6.07, 6.45) is 0. The van der Waals surface area contributed by atoms with Crippen molar-refractivity contribution in [3.63, 3.8) is 0 Å². The van der Waals surface area contributed by atoms with E-state index in [9.17, 15) is 4.79 Å². The molecule has 1 amide bonds. The normalized spacial score (nSPS) is 11.9. The molecule has 1 unspecified atom stereocenters. The third kappa shape index (κ3) is 3.75. The molecule has 2 aromatic carbocycles. The molecule has 0 spiro atoms. The van der Waals surface area contributed by atoms with Crippen molar-refractivity contribution < 1.29 is 4.79 Å². The summed E-state index contributed by atoms with van der Waals surface area (Å²) >= 11 is 15.3. The van der Waals surface area contributed by atoms with Crippen molar-refractivity contribution in [1.29, 1.82) is 0 Å². The highest BCUT2D eigenvalue weighted by atomic mass is 79.9. The van der Waals surface area contributed by atoms with Crippen LogP contribution in [0.25, 0.3) is 0 Å². The summed E-state index contributed by atoms with van der Waals surface area (Å²) in [6.45, 7) is 0. The Morgan fingerprint density at radius 3 is 2.50 bits per heavy atom. The Kier molecular flexibility index (Phi) is 5.46. The summed E-state index contributed by atoms with van der Waals surface area (Å²) in [5.74, 6) is 0.0567. The third-order valence-corrected chi connectivity index (χ3v) is 3.95. The molecule has 2 nitrogen and oxygen atoms in total. The molecule has 0 radical (unpaired) electrons. The zero-order chi connectivity index (χ0) is 14.5. The largest absolute Gasteiger partial charge is 0.344 e. The predicted octanol–water partition coefficient (Wildman–Crippen LogP) is 4.81. The number of halogens is 3. The molecule has 0 fully saturated rings. The molecule has 0 aromatic heterocycles. The maximum atomic E-state index is 12.2. The summed E-state index contributed by atoms with van der Waals surface area (Å²) in [4.78, 5) is 12.2. The zero-order valence-electron chi connectivity index (χ0n) is 10.4. The minimum atomic E-state index is -0.245. The molecule has 1 N–H and O–H groups in total. The minimum Gasteiger partial charge on any atom is -0.344 e. The van der Waals surface area contributed by atoms with Crippen molar-refractivity contribution >= 4 is 45.0 Å². The maximum Gasteiger partial charge on any atom is 0.253 e. The van der Waals surface area contributed by atoms with E-state index in [0.717, 1.165) is 10.0 Å². The monoisotopic (exact) mass is 371 g/mol. The molecule has 0 bridgehead atoms. The second kappa shape index (κ2) is 7.11. The van der Waals surface area contributed by atoms with Gasteiger partial charge in [0.1, 0.15) is 0 Å². The van der Waals surface area contributed by atoms with Gasteiger partial charge in [-0.3, -0.25) is 4.79 Å². The molecule has 0 aliphatic carbocycles. The van der Waals surface area contributed by atoms with Gasteiger partial charge in [0, 0.05) is 10.4 Å². The number of hydrogen-bond donors (Lipinski definition) is 1.